The molecule has 3 aromatic rings. The summed E-state index contributed by atoms with van der Waals surface area (Å²) in [6.07, 6.45) is 1.62. The van der Waals surface area contributed by atoms with Crippen molar-refractivity contribution in [3.63, 3.8) is 0 Å². The van der Waals surface area contributed by atoms with Crippen molar-refractivity contribution in [2.75, 3.05) is 5.73 Å². The SMILES string of the molecule is Cl.Nc1ccc(CCc2nc3ccc(C(=O)O)cc3[nH]2)cc1. The van der Waals surface area contributed by atoms with E-state index in [1.54, 1.807) is 18.2 Å². The number of hydrogen-bond donors (Lipinski definition) is 3. The van der Waals surface area contributed by atoms with Crippen LogP contribution >= 0.6 is 12.4 Å². The lowest BCUT2D eigenvalue weighted by Gasteiger charge is -1.99. The van der Waals surface area contributed by atoms with Gasteiger partial charge in [-0.05, 0) is 42.3 Å². The van der Waals surface area contributed by atoms with Crippen LogP contribution in [0.5, 0.6) is 0 Å². The molecule has 0 saturated heterocycles. The van der Waals surface area contributed by atoms with Crippen LogP contribution in [0, 0.1) is 0 Å². The number of rotatable bonds is 4. The number of aromatic nitrogens is 2. The number of imidazole rings is 1. The van der Waals surface area contributed by atoms with Crippen LogP contribution in [-0.2, 0) is 12.8 Å². The number of H-pyrrole nitrogens is 1. The maximum Gasteiger partial charge on any atom is 0.335 e. The predicted molar refractivity (Wildman–Crippen MR) is 88.6 cm³/mol. The second-order valence-electron chi connectivity index (χ2n) is 4.96. The number of nitrogen functional groups attached to an aromatic ring is 1. The summed E-state index contributed by atoms with van der Waals surface area (Å²) in [5.74, 6) is -0.0840. The van der Waals surface area contributed by atoms with Crippen LogP contribution in [0.1, 0.15) is 21.7 Å². The number of aromatic amines is 1. The van der Waals surface area contributed by atoms with Gasteiger partial charge in [-0.25, -0.2) is 9.78 Å². The van der Waals surface area contributed by atoms with E-state index in [1.165, 1.54) is 5.56 Å². The fourth-order valence-corrected chi connectivity index (χ4v) is 2.26. The molecule has 2 aromatic carbocycles. The van der Waals surface area contributed by atoms with Gasteiger partial charge in [0, 0.05) is 12.1 Å². The summed E-state index contributed by atoms with van der Waals surface area (Å²) < 4.78 is 0. The van der Waals surface area contributed by atoms with E-state index in [1.807, 2.05) is 24.3 Å². The molecular weight excluding hydrogens is 302 g/mol. The molecule has 0 saturated carbocycles. The monoisotopic (exact) mass is 317 g/mol. The van der Waals surface area contributed by atoms with E-state index < -0.39 is 5.97 Å². The summed E-state index contributed by atoms with van der Waals surface area (Å²) in [6, 6.07) is 12.7. The lowest BCUT2D eigenvalue weighted by molar-refractivity contribution is 0.0697. The number of halogens is 1. The molecule has 22 heavy (non-hydrogen) atoms. The van der Waals surface area contributed by atoms with E-state index in [-0.39, 0.29) is 18.0 Å². The average Bonchev–Trinajstić information content (AvgIpc) is 2.88. The van der Waals surface area contributed by atoms with Crippen molar-refractivity contribution in [3.05, 3.63) is 59.4 Å². The van der Waals surface area contributed by atoms with E-state index >= 15 is 0 Å². The van der Waals surface area contributed by atoms with Crippen molar-refractivity contribution in [2.24, 2.45) is 0 Å². The maximum absolute atomic E-state index is 10.9. The van der Waals surface area contributed by atoms with E-state index in [0.717, 1.165) is 35.4 Å². The summed E-state index contributed by atoms with van der Waals surface area (Å²) in [6.45, 7) is 0. The average molecular weight is 318 g/mol. The Labute approximate surface area is 133 Å². The number of benzene rings is 2. The van der Waals surface area contributed by atoms with E-state index in [2.05, 4.69) is 9.97 Å². The smallest absolute Gasteiger partial charge is 0.335 e. The number of nitrogens with zero attached hydrogens (tertiary/aromatic N) is 1. The number of carbonyl (C=O) groups is 1. The first-order valence-electron chi connectivity index (χ1n) is 6.68. The largest absolute Gasteiger partial charge is 0.478 e. The first kappa shape index (κ1) is 15.9. The summed E-state index contributed by atoms with van der Waals surface area (Å²) in [4.78, 5) is 18.6. The maximum atomic E-state index is 10.9. The zero-order valence-corrected chi connectivity index (χ0v) is 12.6. The number of anilines is 1. The third kappa shape index (κ3) is 3.38. The molecule has 0 atom stereocenters. The van der Waals surface area contributed by atoms with Crippen LogP contribution in [0.2, 0.25) is 0 Å². The van der Waals surface area contributed by atoms with Gasteiger partial charge < -0.3 is 15.8 Å². The van der Waals surface area contributed by atoms with Gasteiger partial charge in [-0.3, -0.25) is 0 Å². The number of carboxylic acid groups (broad SMARTS) is 1. The highest BCUT2D eigenvalue weighted by atomic mass is 35.5. The van der Waals surface area contributed by atoms with Gasteiger partial charge in [0.25, 0.3) is 0 Å². The lowest BCUT2D eigenvalue weighted by atomic mass is 10.1. The summed E-state index contributed by atoms with van der Waals surface area (Å²) >= 11 is 0. The molecule has 4 N–H and O–H groups in total. The van der Waals surface area contributed by atoms with Crippen LogP contribution in [0.25, 0.3) is 11.0 Å². The molecule has 5 nitrogen and oxygen atoms in total. The molecule has 0 aliphatic heterocycles. The molecular formula is C16H16ClN3O2. The van der Waals surface area contributed by atoms with Gasteiger partial charge in [0.15, 0.2) is 0 Å². The van der Waals surface area contributed by atoms with E-state index in [9.17, 15) is 4.79 Å². The van der Waals surface area contributed by atoms with Crippen molar-refractivity contribution in [3.8, 4) is 0 Å². The fraction of sp³-hybridized carbons (Fsp3) is 0.125. The standard InChI is InChI=1S/C16H15N3O2.ClH/c17-12-5-1-10(2-6-12)3-8-15-18-13-7-4-11(16(20)21)9-14(13)19-15;/h1-2,4-7,9H,3,8,17H2,(H,18,19)(H,20,21);1H. The first-order valence-corrected chi connectivity index (χ1v) is 6.68. The number of carboxylic acids is 1. The first-order chi connectivity index (χ1) is 10.1. The Bertz CT molecular complexity index is 797. The van der Waals surface area contributed by atoms with Gasteiger partial charge >= 0.3 is 5.97 Å². The second kappa shape index (κ2) is 6.49. The van der Waals surface area contributed by atoms with Crippen molar-refractivity contribution in [1.29, 1.82) is 0 Å². The quantitative estimate of drug-likeness (QED) is 0.645. The van der Waals surface area contributed by atoms with Crippen molar-refractivity contribution in [2.45, 2.75) is 12.8 Å². The topological polar surface area (TPSA) is 92.0 Å². The number of hydrogen-bond acceptors (Lipinski definition) is 3. The van der Waals surface area contributed by atoms with Crippen molar-refractivity contribution in [1.82, 2.24) is 9.97 Å². The molecule has 0 spiro atoms. The zero-order valence-electron chi connectivity index (χ0n) is 11.7. The van der Waals surface area contributed by atoms with Crippen molar-refractivity contribution >= 4 is 35.1 Å². The second-order valence-corrected chi connectivity index (χ2v) is 4.96. The van der Waals surface area contributed by atoms with Gasteiger partial charge in [-0.15, -0.1) is 12.4 Å². The number of fused-ring (bicyclic) bond motifs is 1. The molecule has 0 bridgehead atoms. The molecule has 0 radical (unpaired) electrons. The minimum atomic E-state index is -0.935. The number of aryl methyl sites for hydroxylation is 2. The van der Waals surface area contributed by atoms with Crippen LogP contribution in [0.4, 0.5) is 5.69 Å². The third-order valence-corrected chi connectivity index (χ3v) is 3.41. The Morgan fingerprint density at radius 2 is 1.86 bits per heavy atom. The molecule has 114 valence electrons. The van der Waals surface area contributed by atoms with Gasteiger partial charge in [0.05, 0.1) is 16.6 Å². The molecule has 0 amide bonds. The molecule has 6 heteroatoms. The van der Waals surface area contributed by atoms with Gasteiger partial charge in [-0.2, -0.15) is 0 Å². The van der Waals surface area contributed by atoms with E-state index in [4.69, 9.17) is 10.8 Å². The van der Waals surface area contributed by atoms with Crippen LogP contribution in [0.3, 0.4) is 0 Å². The molecule has 0 aliphatic rings. The highest BCUT2D eigenvalue weighted by Crippen LogP contribution is 2.15. The molecule has 0 aliphatic carbocycles. The highest BCUT2D eigenvalue weighted by Gasteiger charge is 2.07. The molecule has 0 fully saturated rings. The highest BCUT2D eigenvalue weighted by molar-refractivity contribution is 5.92. The summed E-state index contributed by atoms with van der Waals surface area (Å²) in [5.41, 5.74) is 9.40. The van der Waals surface area contributed by atoms with Gasteiger partial charge in [-0.1, -0.05) is 12.1 Å². The molecule has 0 unspecified atom stereocenters. The number of aromatic carboxylic acids is 1. The minimum absolute atomic E-state index is 0. The van der Waals surface area contributed by atoms with E-state index in [0.29, 0.717) is 0 Å². The predicted octanol–water partition coefficient (Wildman–Crippen LogP) is 3.05. The minimum Gasteiger partial charge on any atom is -0.478 e. The lowest BCUT2D eigenvalue weighted by Crippen LogP contribution is -1.95. The van der Waals surface area contributed by atoms with Crippen molar-refractivity contribution < 1.29 is 9.90 Å². The fourth-order valence-electron chi connectivity index (χ4n) is 2.26. The Hall–Kier alpha value is -2.53. The summed E-state index contributed by atoms with van der Waals surface area (Å²) in [5, 5.41) is 8.98. The Balaban J connectivity index is 0.00000176. The Morgan fingerprint density at radius 3 is 2.55 bits per heavy atom. The van der Waals surface area contributed by atoms with Gasteiger partial charge in [0.1, 0.15) is 5.82 Å². The normalized spacial score (nSPS) is 10.4. The van der Waals surface area contributed by atoms with Crippen LogP contribution in [0.15, 0.2) is 42.5 Å². The van der Waals surface area contributed by atoms with Crippen LogP contribution < -0.4 is 5.73 Å². The Kier molecular flexibility index (Phi) is 4.68. The Morgan fingerprint density at radius 1 is 1.14 bits per heavy atom. The third-order valence-electron chi connectivity index (χ3n) is 3.41. The van der Waals surface area contributed by atoms with Crippen LogP contribution in [-0.4, -0.2) is 21.0 Å². The number of nitrogens with one attached hydrogen (secondary N) is 1. The molecule has 1 heterocycles. The molecule has 3 rings (SSSR count). The van der Waals surface area contributed by atoms with Gasteiger partial charge in [0.2, 0.25) is 0 Å². The zero-order chi connectivity index (χ0) is 14.8. The number of nitrogens with two attached hydrogens (primary N) is 1. The molecule has 1 aromatic heterocycles. The summed E-state index contributed by atoms with van der Waals surface area (Å²) in [7, 11) is 0.